The molecule has 32 heavy (non-hydrogen) atoms. The number of carbonyl (C=O) groups excluding carboxylic acids is 2. The fraction of sp³-hybridized carbons (Fsp3) is 0.360. The molecule has 0 aliphatic carbocycles. The van der Waals surface area contributed by atoms with Crippen LogP contribution in [-0.4, -0.2) is 61.4 Å². The van der Waals surface area contributed by atoms with Crippen molar-refractivity contribution in [3.05, 3.63) is 65.6 Å². The number of carbonyl (C=O) groups is 2. The number of halogens is 1. The van der Waals surface area contributed by atoms with Crippen molar-refractivity contribution in [1.29, 1.82) is 0 Å². The number of para-hydroxylation sites is 1. The summed E-state index contributed by atoms with van der Waals surface area (Å²) in [6.07, 6.45) is 0. The van der Waals surface area contributed by atoms with Crippen molar-refractivity contribution >= 4 is 23.1 Å². The minimum atomic E-state index is -0.606. The van der Waals surface area contributed by atoms with Gasteiger partial charge in [0, 0.05) is 26.2 Å². The van der Waals surface area contributed by atoms with Gasteiger partial charge in [-0.3, -0.25) is 9.59 Å². The normalized spacial score (nSPS) is 17.7. The maximum atomic E-state index is 14.5. The molecule has 0 saturated carbocycles. The Bertz CT molecular complexity index is 1040. The number of nitrogens with zero attached hydrogens (tertiary/aromatic N) is 3. The van der Waals surface area contributed by atoms with E-state index in [-0.39, 0.29) is 5.69 Å². The molecule has 2 aliphatic rings. The summed E-state index contributed by atoms with van der Waals surface area (Å²) in [5.74, 6) is -0.508. The average molecular weight is 438 g/mol. The van der Waals surface area contributed by atoms with Gasteiger partial charge in [0.15, 0.2) is 0 Å². The average Bonchev–Trinajstić information content (AvgIpc) is 3.04. The summed E-state index contributed by atoms with van der Waals surface area (Å²) >= 11 is 0. The first-order chi connectivity index (χ1) is 15.4. The molecule has 0 aromatic heterocycles. The number of hydrogen-bond donors (Lipinski definition) is 0. The van der Waals surface area contributed by atoms with E-state index >= 15 is 0 Å². The Labute approximate surface area is 187 Å². The molecule has 2 aliphatic heterocycles. The lowest BCUT2D eigenvalue weighted by Crippen LogP contribution is -2.46. The fourth-order valence-electron chi connectivity index (χ4n) is 3.93. The Balaban J connectivity index is 1.73. The lowest BCUT2D eigenvalue weighted by atomic mass is 10.0. The molecule has 2 heterocycles. The SMILES string of the molecule is CC(C)COc1ccc(C2=C(N3CCN(C)CC3)C(=O)N(c3ccccc3F)C2=O)cc1. The first-order valence-corrected chi connectivity index (χ1v) is 10.9. The van der Waals surface area contributed by atoms with E-state index in [0.29, 0.717) is 48.2 Å². The molecule has 4 rings (SSSR count). The van der Waals surface area contributed by atoms with E-state index in [1.54, 1.807) is 30.3 Å². The fourth-order valence-corrected chi connectivity index (χ4v) is 3.93. The maximum Gasteiger partial charge on any atom is 0.282 e. The summed E-state index contributed by atoms with van der Waals surface area (Å²) < 4.78 is 20.3. The molecule has 2 amide bonds. The molecular formula is C25H28FN3O3. The van der Waals surface area contributed by atoms with Crippen molar-refractivity contribution in [3.8, 4) is 5.75 Å². The van der Waals surface area contributed by atoms with Crippen LogP contribution < -0.4 is 9.64 Å². The van der Waals surface area contributed by atoms with Gasteiger partial charge in [-0.1, -0.05) is 38.1 Å². The van der Waals surface area contributed by atoms with Crippen LogP contribution in [0, 0.1) is 11.7 Å². The molecule has 0 bridgehead atoms. The van der Waals surface area contributed by atoms with Crippen molar-refractivity contribution in [2.45, 2.75) is 13.8 Å². The van der Waals surface area contributed by atoms with Crippen molar-refractivity contribution in [2.75, 3.05) is 44.7 Å². The smallest absolute Gasteiger partial charge is 0.282 e. The molecule has 0 N–H and O–H groups in total. The van der Waals surface area contributed by atoms with Crippen molar-refractivity contribution in [1.82, 2.24) is 9.80 Å². The van der Waals surface area contributed by atoms with Gasteiger partial charge in [-0.25, -0.2) is 9.29 Å². The third kappa shape index (κ3) is 4.25. The number of hydrogen-bond acceptors (Lipinski definition) is 5. The van der Waals surface area contributed by atoms with E-state index in [9.17, 15) is 14.0 Å². The topological polar surface area (TPSA) is 53.1 Å². The van der Waals surface area contributed by atoms with E-state index in [1.165, 1.54) is 18.2 Å². The first kappa shape index (κ1) is 22.0. The Hall–Kier alpha value is -3.19. The van der Waals surface area contributed by atoms with Crippen LogP contribution in [0.5, 0.6) is 5.75 Å². The van der Waals surface area contributed by atoms with E-state index in [2.05, 4.69) is 18.7 Å². The number of rotatable bonds is 6. The van der Waals surface area contributed by atoms with Crippen LogP contribution in [0.2, 0.25) is 0 Å². The van der Waals surface area contributed by atoms with Crippen LogP contribution in [-0.2, 0) is 9.59 Å². The molecule has 1 saturated heterocycles. The molecular weight excluding hydrogens is 409 g/mol. The van der Waals surface area contributed by atoms with Gasteiger partial charge in [0.2, 0.25) is 0 Å². The van der Waals surface area contributed by atoms with Crippen LogP contribution in [0.4, 0.5) is 10.1 Å². The zero-order valence-corrected chi connectivity index (χ0v) is 18.7. The zero-order chi connectivity index (χ0) is 22.8. The number of piperazine rings is 1. The number of anilines is 1. The molecule has 0 atom stereocenters. The molecule has 2 aromatic carbocycles. The molecule has 7 heteroatoms. The number of benzene rings is 2. The molecule has 168 valence electrons. The van der Waals surface area contributed by atoms with Crippen LogP contribution >= 0.6 is 0 Å². The van der Waals surface area contributed by atoms with Crippen LogP contribution in [0.25, 0.3) is 5.57 Å². The Morgan fingerprint density at radius 2 is 1.59 bits per heavy atom. The lowest BCUT2D eigenvalue weighted by Gasteiger charge is -2.34. The molecule has 0 unspecified atom stereocenters. The zero-order valence-electron chi connectivity index (χ0n) is 18.7. The highest BCUT2D eigenvalue weighted by molar-refractivity contribution is 6.45. The summed E-state index contributed by atoms with van der Waals surface area (Å²) in [6.45, 7) is 7.53. The summed E-state index contributed by atoms with van der Waals surface area (Å²) in [7, 11) is 2.02. The van der Waals surface area contributed by atoms with Crippen molar-refractivity contribution in [2.24, 2.45) is 5.92 Å². The largest absolute Gasteiger partial charge is 0.493 e. The Morgan fingerprint density at radius 1 is 0.938 bits per heavy atom. The quantitative estimate of drug-likeness (QED) is 0.649. The molecule has 0 radical (unpaired) electrons. The summed E-state index contributed by atoms with van der Waals surface area (Å²) in [5.41, 5.74) is 1.23. The molecule has 6 nitrogen and oxygen atoms in total. The highest BCUT2D eigenvalue weighted by Gasteiger charge is 2.43. The molecule has 1 fully saturated rings. The second-order valence-electron chi connectivity index (χ2n) is 8.64. The minimum Gasteiger partial charge on any atom is -0.493 e. The summed E-state index contributed by atoms with van der Waals surface area (Å²) in [5, 5.41) is 0. The van der Waals surface area contributed by atoms with Gasteiger partial charge in [0.1, 0.15) is 17.3 Å². The first-order valence-electron chi connectivity index (χ1n) is 10.9. The molecule has 2 aromatic rings. The predicted molar refractivity (Wildman–Crippen MR) is 122 cm³/mol. The van der Waals surface area contributed by atoms with Gasteiger partial charge in [-0.2, -0.15) is 0 Å². The van der Waals surface area contributed by atoms with Gasteiger partial charge >= 0.3 is 0 Å². The van der Waals surface area contributed by atoms with Crippen LogP contribution in [0.15, 0.2) is 54.2 Å². The van der Waals surface area contributed by atoms with E-state index in [1.807, 2.05) is 11.9 Å². The van der Waals surface area contributed by atoms with Gasteiger partial charge in [-0.15, -0.1) is 0 Å². The molecule has 0 spiro atoms. The number of ether oxygens (including phenoxy) is 1. The highest BCUT2D eigenvalue weighted by Crippen LogP contribution is 2.36. The lowest BCUT2D eigenvalue weighted by molar-refractivity contribution is -0.120. The third-order valence-corrected chi connectivity index (χ3v) is 5.70. The van der Waals surface area contributed by atoms with Crippen LogP contribution in [0.3, 0.4) is 0 Å². The monoisotopic (exact) mass is 437 g/mol. The van der Waals surface area contributed by atoms with E-state index < -0.39 is 17.6 Å². The second-order valence-corrected chi connectivity index (χ2v) is 8.64. The van der Waals surface area contributed by atoms with Gasteiger partial charge in [0.25, 0.3) is 11.8 Å². The van der Waals surface area contributed by atoms with Gasteiger partial charge in [-0.05, 0) is 42.8 Å². The Morgan fingerprint density at radius 3 is 2.22 bits per heavy atom. The van der Waals surface area contributed by atoms with Crippen LogP contribution in [0.1, 0.15) is 19.4 Å². The van der Waals surface area contributed by atoms with Gasteiger partial charge in [0.05, 0.1) is 17.9 Å². The predicted octanol–water partition coefficient (Wildman–Crippen LogP) is 3.39. The minimum absolute atomic E-state index is 0.0268. The summed E-state index contributed by atoms with van der Waals surface area (Å²) in [4.78, 5) is 32.1. The van der Waals surface area contributed by atoms with Crippen molar-refractivity contribution in [3.63, 3.8) is 0 Å². The van der Waals surface area contributed by atoms with Crippen molar-refractivity contribution < 1.29 is 18.7 Å². The summed E-state index contributed by atoms with van der Waals surface area (Å²) in [6, 6.07) is 13.0. The van der Waals surface area contributed by atoms with E-state index in [0.717, 1.165) is 18.0 Å². The Kier molecular flexibility index (Phi) is 6.28. The highest BCUT2D eigenvalue weighted by atomic mass is 19.1. The van der Waals surface area contributed by atoms with E-state index in [4.69, 9.17) is 4.74 Å². The number of amides is 2. The maximum absolute atomic E-state index is 14.5. The second kappa shape index (κ2) is 9.12. The standard InChI is InChI=1S/C25H28FN3O3/c1-17(2)16-32-19-10-8-18(9-11-19)22-23(28-14-12-27(3)13-15-28)25(31)29(24(22)30)21-7-5-4-6-20(21)26/h4-11,17H,12-16H2,1-3H3. The number of imide groups is 1. The number of likely N-dealkylation sites (N-methyl/N-ethyl adjacent to an activating group) is 1. The third-order valence-electron chi connectivity index (χ3n) is 5.70. The van der Waals surface area contributed by atoms with Gasteiger partial charge < -0.3 is 14.5 Å².